The number of rotatable bonds is 3. The fourth-order valence-electron chi connectivity index (χ4n) is 3.85. The van der Waals surface area contributed by atoms with Crippen LogP contribution in [-0.2, 0) is 9.53 Å². The Balaban J connectivity index is 0.00000147. The second-order valence-corrected chi connectivity index (χ2v) is 6.46. The van der Waals surface area contributed by atoms with Crippen LogP contribution in [0.5, 0.6) is 0 Å². The van der Waals surface area contributed by atoms with Crippen molar-refractivity contribution in [3.63, 3.8) is 0 Å². The molecule has 0 aromatic rings. The topological polar surface area (TPSA) is 41.6 Å². The second kappa shape index (κ2) is 7.10. The standard InChI is InChI=1S/C15H26N2O2.ClH/c1-17(13-8-11-5-6-12(9-13)16-11)15(18)10-14-4-2-3-7-19-14;/h11-14,16H,2-10H2,1H3;1H. The number of carbonyl (C=O) groups excluding carboxylic acids is 1. The molecule has 3 atom stereocenters. The first-order valence-electron chi connectivity index (χ1n) is 7.85. The Morgan fingerprint density at radius 2 is 1.90 bits per heavy atom. The van der Waals surface area contributed by atoms with Gasteiger partial charge < -0.3 is 15.0 Å². The molecule has 1 amide bonds. The highest BCUT2D eigenvalue weighted by atomic mass is 35.5. The Kier molecular flexibility index (Phi) is 5.70. The zero-order valence-corrected chi connectivity index (χ0v) is 13.2. The van der Waals surface area contributed by atoms with Crippen molar-refractivity contribution in [1.82, 2.24) is 10.2 Å². The van der Waals surface area contributed by atoms with Crippen molar-refractivity contribution in [2.24, 2.45) is 0 Å². The van der Waals surface area contributed by atoms with E-state index in [1.54, 1.807) is 0 Å². The van der Waals surface area contributed by atoms with Crippen molar-refractivity contribution in [2.45, 2.75) is 75.6 Å². The Morgan fingerprint density at radius 1 is 1.20 bits per heavy atom. The zero-order valence-electron chi connectivity index (χ0n) is 12.3. The Hall–Kier alpha value is -0.320. The summed E-state index contributed by atoms with van der Waals surface area (Å²) in [7, 11) is 1.99. The molecule has 1 N–H and O–H groups in total. The monoisotopic (exact) mass is 302 g/mol. The van der Waals surface area contributed by atoms with E-state index in [-0.39, 0.29) is 24.4 Å². The fourth-order valence-corrected chi connectivity index (χ4v) is 3.85. The van der Waals surface area contributed by atoms with Crippen molar-refractivity contribution in [2.75, 3.05) is 13.7 Å². The van der Waals surface area contributed by atoms with Crippen molar-refractivity contribution < 1.29 is 9.53 Å². The van der Waals surface area contributed by atoms with Crippen LogP contribution in [0.3, 0.4) is 0 Å². The van der Waals surface area contributed by atoms with Gasteiger partial charge in [-0.2, -0.15) is 0 Å². The van der Waals surface area contributed by atoms with Gasteiger partial charge in [-0.3, -0.25) is 4.79 Å². The Labute approximate surface area is 128 Å². The van der Waals surface area contributed by atoms with Crippen LogP contribution in [0.1, 0.15) is 51.4 Å². The number of amides is 1. The molecule has 2 bridgehead atoms. The van der Waals surface area contributed by atoms with Gasteiger partial charge in [0.05, 0.1) is 12.5 Å². The van der Waals surface area contributed by atoms with Crippen LogP contribution in [0.2, 0.25) is 0 Å². The summed E-state index contributed by atoms with van der Waals surface area (Å²) in [6.45, 7) is 0.832. The van der Waals surface area contributed by atoms with Gasteiger partial charge in [-0.25, -0.2) is 0 Å². The van der Waals surface area contributed by atoms with E-state index in [0.29, 0.717) is 24.5 Å². The zero-order chi connectivity index (χ0) is 13.2. The molecule has 3 fully saturated rings. The molecule has 5 heteroatoms. The van der Waals surface area contributed by atoms with Crippen LogP contribution >= 0.6 is 12.4 Å². The molecule has 0 saturated carbocycles. The first kappa shape index (κ1) is 16.1. The summed E-state index contributed by atoms with van der Waals surface area (Å²) in [5, 5.41) is 3.63. The fraction of sp³-hybridized carbons (Fsp3) is 0.933. The molecule has 3 aliphatic rings. The normalized spacial score (nSPS) is 36.2. The third-order valence-electron chi connectivity index (χ3n) is 5.07. The van der Waals surface area contributed by atoms with Crippen LogP contribution < -0.4 is 5.32 Å². The van der Waals surface area contributed by atoms with Gasteiger partial charge >= 0.3 is 0 Å². The molecule has 0 aliphatic carbocycles. The maximum Gasteiger partial charge on any atom is 0.225 e. The number of nitrogens with one attached hydrogen (secondary N) is 1. The largest absolute Gasteiger partial charge is 0.378 e. The highest BCUT2D eigenvalue weighted by Gasteiger charge is 2.36. The van der Waals surface area contributed by atoms with Gasteiger partial charge in [0, 0.05) is 31.8 Å². The maximum atomic E-state index is 12.4. The average molecular weight is 303 g/mol. The first-order valence-corrected chi connectivity index (χ1v) is 7.85. The lowest BCUT2D eigenvalue weighted by atomic mass is 9.97. The first-order chi connectivity index (χ1) is 9.22. The molecule has 20 heavy (non-hydrogen) atoms. The van der Waals surface area contributed by atoms with E-state index in [2.05, 4.69) is 5.32 Å². The summed E-state index contributed by atoms with van der Waals surface area (Å²) in [5.41, 5.74) is 0. The average Bonchev–Trinajstić information content (AvgIpc) is 2.77. The predicted molar refractivity (Wildman–Crippen MR) is 81.2 cm³/mol. The maximum absolute atomic E-state index is 12.4. The summed E-state index contributed by atoms with van der Waals surface area (Å²) < 4.78 is 5.68. The number of nitrogens with zero attached hydrogens (tertiary/aromatic N) is 1. The van der Waals surface area contributed by atoms with E-state index in [1.807, 2.05) is 11.9 Å². The van der Waals surface area contributed by atoms with Crippen molar-refractivity contribution in [3.8, 4) is 0 Å². The second-order valence-electron chi connectivity index (χ2n) is 6.46. The molecule has 0 aromatic heterocycles. The molecule has 3 heterocycles. The van der Waals surface area contributed by atoms with Crippen LogP contribution in [0, 0.1) is 0 Å². The quantitative estimate of drug-likeness (QED) is 0.868. The summed E-state index contributed by atoms with van der Waals surface area (Å²) in [4.78, 5) is 14.4. The van der Waals surface area contributed by atoms with Crippen molar-refractivity contribution >= 4 is 18.3 Å². The van der Waals surface area contributed by atoms with Gasteiger partial charge in [-0.05, 0) is 44.9 Å². The summed E-state index contributed by atoms with van der Waals surface area (Å²) in [6.07, 6.45) is 8.99. The SMILES string of the molecule is CN(C(=O)CC1CCCCO1)C1CC2CCC(C1)N2.Cl. The molecule has 3 aliphatic heterocycles. The predicted octanol–water partition coefficient (Wildman–Crippen LogP) is 2.11. The van der Waals surface area contributed by atoms with Gasteiger partial charge in [0.2, 0.25) is 5.91 Å². The minimum Gasteiger partial charge on any atom is -0.378 e. The number of piperidine rings is 1. The van der Waals surface area contributed by atoms with E-state index in [0.717, 1.165) is 32.3 Å². The highest BCUT2D eigenvalue weighted by Crippen LogP contribution is 2.29. The van der Waals surface area contributed by atoms with Crippen LogP contribution in [0.4, 0.5) is 0 Å². The van der Waals surface area contributed by atoms with Crippen LogP contribution in [0.25, 0.3) is 0 Å². The third-order valence-corrected chi connectivity index (χ3v) is 5.07. The van der Waals surface area contributed by atoms with E-state index in [9.17, 15) is 4.79 Å². The van der Waals surface area contributed by atoms with Crippen molar-refractivity contribution in [3.05, 3.63) is 0 Å². The minimum atomic E-state index is 0. The number of hydrogen-bond donors (Lipinski definition) is 1. The van der Waals surface area contributed by atoms with Gasteiger partial charge in [0.1, 0.15) is 0 Å². The highest BCUT2D eigenvalue weighted by molar-refractivity contribution is 5.85. The number of halogens is 1. The molecule has 0 spiro atoms. The molecule has 3 saturated heterocycles. The van der Waals surface area contributed by atoms with E-state index < -0.39 is 0 Å². The smallest absolute Gasteiger partial charge is 0.225 e. The lowest BCUT2D eigenvalue weighted by Crippen LogP contribution is -2.49. The summed E-state index contributed by atoms with van der Waals surface area (Å²) in [5.74, 6) is 0.276. The number of ether oxygens (including phenoxy) is 1. The Morgan fingerprint density at radius 3 is 2.50 bits per heavy atom. The summed E-state index contributed by atoms with van der Waals surface area (Å²) >= 11 is 0. The molecule has 0 radical (unpaired) electrons. The summed E-state index contributed by atoms with van der Waals surface area (Å²) in [6, 6.07) is 1.73. The van der Waals surface area contributed by atoms with Gasteiger partial charge in [0.25, 0.3) is 0 Å². The van der Waals surface area contributed by atoms with E-state index in [1.165, 1.54) is 19.3 Å². The minimum absolute atomic E-state index is 0. The van der Waals surface area contributed by atoms with Gasteiger partial charge in [-0.1, -0.05) is 0 Å². The van der Waals surface area contributed by atoms with E-state index >= 15 is 0 Å². The molecule has 116 valence electrons. The molecule has 3 unspecified atom stereocenters. The van der Waals surface area contributed by atoms with Gasteiger partial charge in [0.15, 0.2) is 0 Å². The lowest BCUT2D eigenvalue weighted by molar-refractivity contribution is -0.136. The molecule has 4 nitrogen and oxygen atoms in total. The molecular formula is C15H27ClN2O2. The molecule has 0 aromatic carbocycles. The molecular weight excluding hydrogens is 276 g/mol. The van der Waals surface area contributed by atoms with Gasteiger partial charge in [-0.15, -0.1) is 12.4 Å². The van der Waals surface area contributed by atoms with E-state index in [4.69, 9.17) is 4.74 Å². The molecule has 3 rings (SSSR count). The number of hydrogen-bond acceptors (Lipinski definition) is 3. The number of carbonyl (C=O) groups is 1. The van der Waals surface area contributed by atoms with Crippen LogP contribution in [-0.4, -0.2) is 48.7 Å². The van der Waals surface area contributed by atoms with Crippen molar-refractivity contribution in [1.29, 1.82) is 0 Å². The van der Waals surface area contributed by atoms with Crippen LogP contribution in [0.15, 0.2) is 0 Å². The lowest BCUT2D eigenvalue weighted by Gasteiger charge is -2.36. The third kappa shape index (κ3) is 3.66. The Bertz CT molecular complexity index is 322. The number of fused-ring (bicyclic) bond motifs is 2.